The number of piperidine rings is 1. The van der Waals surface area contributed by atoms with Crippen LogP contribution in [0.4, 0.5) is 4.79 Å². The number of aliphatic imine (C=N–C) groups is 1. The molecule has 1 unspecified atom stereocenters. The molecule has 1 atom stereocenters. The number of hydrogen-bond acceptors (Lipinski definition) is 4. The number of likely N-dealkylation sites (tertiary alicyclic amines) is 1. The molecule has 0 aromatic carbocycles. The molecule has 3 amide bonds. The lowest BCUT2D eigenvalue weighted by atomic mass is 9.79. The molecule has 3 N–H and O–H groups in total. The zero-order valence-electron chi connectivity index (χ0n) is 16.3. The molecule has 0 spiro atoms. The van der Waals surface area contributed by atoms with Crippen LogP contribution in [0.15, 0.2) is 4.99 Å². The Balaban J connectivity index is 0.00000261. The summed E-state index contributed by atoms with van der Waals surface area (Å²) in [4.78, 5) is 30.3. The third-order valence-corrected chi connectivity index (χ3v) is 6.07. The minimum atomic E-state index is -0.789. The van der Waals surface area contributed by atoms with E-state index in [0.29, 0.717) is 0 Å². The van der Waals surface area contributed by atoms with Crippen LogP contribution in [-0.4, -0.2) is 68.2 Å². The van der Waals surface area contributed by atoms with Crippen LogP contribution in [0, 0.1) is 11.8 Å². The number of carbonyl (C=O) groups is 2. The lowest BCUT2D eigenvalue weighted by Gasteiger charge is -2.39. The minimum Gasteiger partial charge on any atom is -0.381 e. The predicted molar refractivity (Wildman–Crippen MR) is 114 cm³/mol. The highest BCUT2D eigenvalue weighted by atomic mass is 127. The maximum Gasteiger partial charge on any atom is 0.322 e. The van der Waals surface area contributed by atoms with Gasteiger partial charge >= 0.3 is 6.03 Å². The number of nitrogens with one attached hydrogen (secondary N) is 3. The molecule has 9 heteroatoms. The van der Waals surface area contributed by atoms with Crippen molar-refractivity contribution in [1.29, 1.82) is 0 Å². The van der Waals surface area contributed by atoms with Crippen molar-refractivity contribution in [2.75, 3.05) is 39.9 Å². The van der Waals surface area contributed by atoms with Crippen molar-refractivity contribution >= 4 is 41.9 Å². The number of urea groups is 1. The summed E-state index contributed by atoms with van der Waals surface area (Å²) in [6.45, 7) is 6.19. The standard InChI is InChI=1S/C18H31N5O3.HI/c1-18(15(24)21-17(25)22-18)14-4-9-23(10-5-14)16(19-2)20-8-3-13-6-11-26-12-7-13;/h13-14H,3-12H2,1-2H3,(H,19,20)(H2,21,22,24,25);1H. The summed E-state index contributed by atoms with van der Waals surface area (Å²) < 4.78 is 5.41. The van der Waals surface area contributed by atoms with Crippen LogP contribution in [-0.2, 0) is 9.53 Å². The lowest BCUT2D eigenvalue weighted by molar-refractivity contribution is -0.125. The Morgan fingerprint density at radius 3 is 2.48 bits per heavy atom. The Labute approximate surface area is 178 Å². The van der Waals surface area contributed by atoms with E-state index in [0.717, 1.165) is 76.8 Å². The van der Waals surface area contributed by atoms with E-state index in [1.807, 2.05) is 14.0 Å². The molecule has 0 aromatic rings. The van der Waals surface area contributed by atoms with E-state index in [-0.39, 0.29) is 41.8 Å². The molecule has 154 valence electrons. The highest BCUT2D eigenvalue weighted by Crippen LogP contribution is 2.30. The van der Waals surface area contributed by atoms with Crippen LogP contribution in [0.5, 0.6) is 0 Å². The highest BCUT2D eigenvalue weighted by molar-refractivity contribution is 14.0. The Morgan fingerprint density at radius 1 is 1.26 bits per heavy atom. The van der Waals surface area contributed by atoms with Crippen molar-refractivity contribution in [3.63, 3.8) is 0 Å². The van der Waals surface area contributed by atoms with E-state index < -0.39 is 5.54 Å². The number of carbonyl (C=O) groups excluding carboxylic acids is 2. The number of imide groups is 1. The first-order chi connectivity index (χ1) is 12.5. The zero-order valence-corrected chi connectivity index (χ0v) is 18.6. The summed E-state index contributed by atoms with van der Waals surface area (Å²) in [6.07, 6.45) is 5.15. The number of rotatable bonds is 4. The largest absolute Gasteiger partial charge is 0.381 e. The molecule has 3 aliphatic heterocycles. The summed E-state index contributed by atoms with van der Waals surface area (Å²) >= 11 is 0. The normalized spacial score (nSPS) is 27.8. The van der Waals surface area contributed by atoms with E-state index in [9.17, 15) is 9.59 Å². The fourth-order valence-electron chi connectivity index (χ4n) is 4.27. The van der Waals surface area contributed by atoms with Crippen molar-refractivity contribution in [2.24, 2.45) is 16.8 Å². The van der Waals surface area contributed by atoms with E-state index in [2.05, 4.69) is 25.8 Å². The molecule has 3 rings (SSSR count). The molecule has 0 bridgehead atoms. The van der Waals surface area contributed by atoms with Crippen LogP contribution >= 0.6 is 24.0 Å². The average molecular weight is 493 g/mol. The van der Waals surface area contributed by atoms with Crippen LogP contribution in [0.3, 0.4) is 0 Å². The Morgan fingerprint density at radius 2 is 1.93 bits per heavy atom. The van der Waals surface area contributed by atoms with E-state index >= 15 is 0 Å². The van der Waals surface area contributed by atoms with Crippen LogP contribution in [0.2, 0.25) is 0 Å². The summed E-state index contributed by atoms with van der Waals surface area (Å²) in [5, 5.41) is 8.65. The zero-order chi connectivity index (χ0) is 18.6. The Hall–Kier alpha value is -1.10. The summed E-state index contributed by atoms with van der Waals surface area (Å²) in [5.41, 5.74) is -0.789. The molecule has 0 aliphatic carbocycles. The number of hydrogen-bond donors (Lipinski definition) is 3. The SMILES string of the molecule is CN=C(NCCC1CCOCC1)N1CCC(C2(C)NC(=O)NC2=O)CC1.I. The first kappa shape index (κ1) is 22.2. The predicted octanol–water partition coefficient (Wildman–Crippen LogP) is 1.31. The van der Waals surface area contributed by atoms with Gasteiger partial charge in [-0.1, -0.05) is 0 Å². The van der Waals surface area contributed by atoms with Gasteiger partial charge < -0.3 is 20.3 Å². The molecule has 3 saturated heterocycles. The molecule has 0 radical (unpaired) electrons. The lowest BCUT2D eigenvalue weighted by Crippen LogP contribution is -2.55. The molecule has 0 saturated carbocycles. The maximum absolute atomic E-state index is 12.1. The molecule has 3 aliphatic rings. The van der Waals surface area contributed by atoms with Crippen molar-refractivity contribution in [1.82, 2.24) is 20.9 Å². The van der Waals surface area contributed by atoms with Gasteiger partial charge in [-0.2, -0.15) is 0 Å². The molecular weight excluding hydrogens is 461 g/mol. The molecular formula is C18H32IN5O3. The molecule has 8 nitrogen and oxygen atoms in total. The number of amides is 3. The fraction of sp³-hybridized carbons (Fsp3) is 0.833. The second kappa shape index (κ2) is 9.90. The Bertz CT molecular complexity index is 559. The smallest absolute Gasteiger partial charge is 0.322 e. The van der Waals surface area contributed by atoms with Crippen molar-refractivity contribution in [3.05, 3.63) is 0 Å². The first-order valence-electron chi connectivity index (χ1n) is 9.70. The molecule has 3 fully saturated rings. The molecule has 27 heavy (non-hydrogen) atoms. The maximum atomic E-state index is 12.1. The van der Waals surface area contributed by atoms with E-state index in [4.69, 9.17) is 4.74 Å². The van der Waals surface area contributed by atoms with Gasteiger partial charge in [-0.05, 0) is 50.9 Å². The highest BCUT2D eigenvalue weighted by Gasteiger charge is 2.48. The summed E-state index contributed by atoms with van der Waals surface area (Å²) in [7, 11) is 1.81. The second-order valence-electron chi connectivity index (χ2n) is 7.69. The van der Waals surface area contributed by atoms with Crippen LogP contribution in [0.25, 0.3) is 0 Å². The van der Waals surface area contributed by atoms with Crippen molar-refractivity contribution < 1.29 is 14.3 Å². The third kappa shape index (κ3) is 5.24. The van der Waals surface area contributed by atoms with Crippen LogP contribution in [0.1, 0.15) is 39.0 Å². The number of guanidine groups is 1. The fourth-order valence-corrected chi connectivity index (χ4v) is 4.27. The van der Waals surface area contributed by atoms with Crippen LogP contribution < -0.4 is 16.0 Å². The topological polar surface area (TPSA) is 95.1 Å². The van der Waals surface area contributed by atoms with Gasteiger partial charge in [0.05, 0.1) is 0 Å². The van der Waals surface area contributed by atoms with Gasteiger partial charge in [-0.3, -0.25) is 15.1 Å². The Kier molecular flexibility index (Phi) is 8.14. The van der Waals surface area contributed by atoms with E-state index in [1.165, 1.54) is 0 Å². The third-order valence-electron chi connectivity index (χ3n) is 6.07. The number of halogens is 1. The summed E-state index contributed by atoms with van der Waals surface area (Å²) in [6, 6.07) is -0.384. The van der Waals surface area contributed by atoms with Gasteiger partial charge in [0.25, 0.3) is 5.91 Å². The van der Waals surface area contributed by atoms with Gasteiger partial charge in [0, 0.05) is 39.9 Å². The second-order valence-corrected chi connectivity index (χ2v) is 7.69. The van der Waals surface area contributed by atoms with E-state index in [1.54, 1.807) is 0 Å². The number of ether oxygens (including phenoxy) is 1. The van der Waals surface area contributed by atoms with Gasteiger partial charge in [-0.15, -0.1) is 24.0 Å². The summed E-state index contributed by atoms with van der Waals surface area (Å²) in [5.74, 6) is 1.61. The van der Waals surface area contributed by atoms with Gasteiger partial charge in [0.1, 0.15) is 5.54 Å². The number of nitrogens with zero attached hydrogens (tertiary/aromatic N) is 2. The monoisotopic (exact) mass is 493 g/mol. The molecule has 0 aromatic heterocycles. The minimum absolute atomic E-state index is 0. The van der Waals surface area contributed by atoms with Crippen molar-refractivity contribution in [2.45, 2.75) is 44.6 Å². The first-order valence-corrected chi connectivity index (χ1v) is 9.70. The quantitative estimate of drug-likeness (QED) is 0.238. The molecule has 3 heterocycles. The van der Waals surface area contributed by atoms with Gasteiger partial charge in [-0.25, -0.2) is 4.79 Å². The van der Waals surface area contributed by atoms with Gasteiger partial charge in [0.15, 0.2) is 5.96 Å². The average Bonchev–Trinajstić information content (AvgIpc) is 2.92. The van der Waals surface area contributed by atoms with Gasteiger partial charge in [0.2, 0.25) is 0 Å². The van der Waals surface area contributed by atoms with Crippen molar-refractivity contribution in [3.8, 4) is 0 Å².